The molecule has 0 N–H and O–H groups in total. The largest absolute Gasteiger partial charge is 0.490 e. The Morgan fingerprint density at radius 1 is 1.11 bits per heavy atom. The van der Waals surface area contributed by atoms with Crippen molar-refractivity contribution >= 4 is 36.9 Å². The number of rotatable bonds is 7. The van der Waals surface area contributed by atoms with Gasteiger partial charge in [-0.3, -0.25) is 0 Å². The second-order valence-electron chi connectivity index (χ2n) is 7.33. The quantitative estimate of drug-likeness (QED) is 0.508. The van der Waals surface area contributed by atoms with E-state index in [1.54, 1.807) is 24.4 Å². The molecule has 0 saturated heterocycles. The van der Waals surface area contributed by atoms with Gasteiger partial charge in [-0.2, -0.15) is 0 Å². The molecule has 2 aromatic carbocycles. The van der Waals surface area contributed by atoms with Gasteiger partial charge in [0.1, 0.15) is 12.4 Å². The van der Waals surface area contributed by atoms with Crippen LogP contribution in [-0.4, -0.2) is 44.5 Å². The Hall–Kier alpha value is -1.83. The minimum absolute atomic E-state index is 0.261. The zero-order valence-corrected chi connectivity index (χ0v) is 18.9. The fraction of sp³-hybridized carbons (Fsp3) is 0.333. The van der Waals surface area contributed by atoms with Crippen LogP contribution in [0.1, 0.15) is 25.3 Å². The van der Waals surface area contributed by atoms with Crippen LogP contribution in [-0.2, 0) is 10.0 Å². The van der Waals surface area contributed by atoms with Gasteiger partial charge in [0.15, 0.2) is 0 Å². The van der Waals surface area contributed by atoms with Crippen molar-refractivity contribution < 1.29 is 13.2 Å². The molecular weight excluding hydrogens is 440 g/mol. The van der Waals surface area contributed by atoms with E-state index in [0.717, 1.165) is 22.0 Å². The van der Waals surface area contributed by atoms with Gasteiger partial charge in [-0.15, -0.1) is 0 Å². The van der Waals surface area contributed by atoms with Gasteiger partial charge in [0.25, 0.3) is 10.0 Å². The molecule has 3 aromatic rings. The van der Waals surface area contributed by atoms with Crippen LogP contribution in [0.25, 0.3) is 10.9 Å². The predicted octanol–water partition coefficient (Wildman–Crippen LogP) is 4.70. The topological polar surface area (TPSA) is 51.5 Å². The average molecular weight is 465 g/mol. The smallest absolute Gasteiger partial charge is 0.268 e. The molecule has 7 heteroatoms. The van der Waals surface area contributed by atoms with Crippen molar-refractivity contribution in [1.29, 1.82) is 0 Å². The molecule has 5 nitrogen and oxygen atoms in total. The minimum Gasteiger partial charge on any atom is -0.490 e. The summed E-state index contributed by atoms with van der Waals surface area (Å²) in [6.07, 6.45) is 1.57. The first kappa shape index (κ1) is 20.9. The molecule has 150 valence electrons. The Balaban J connectivity index is 2.06. The minimum atomic E-state index is -3.73. The molecule has 1 heterocycles. The summed E-state index contributed by atoms with van der Waals surface area (Å²) in [5.41, 5.74) is 1.70. The van der Waals surface area contributed by atoms with Crippen LogP contribution in [0.15, 0.2) is 58.0 Å². The van der Waals surface area contributed by atoms with Crippen LogP contribution < -0.4 is 4.74 Å². The number of ether oxygens (including phenoxy) is 1. The Kier molecular flexibility index (Phi) is 6.17. The van der Waals surface area contributed by atoms with Crippen LogP contribution in [0.3, 0.4) is 0 Å². The van der Waals surface area contributed by atoms with Gasteiger partial charge >= 0.3 is 0 Å². The molecule has 0 fully saturated rings. The molecule has 0 aliphatic heterocycles. The Bertz CT molecular complexity index is 1070. The first-order chi connectivity index (χ1) is 13.2. The van der Waals surface area contributed by atoms with Gasteiger partial charge in [-0.05, 0) is 55.9 Å². The van der Waals surface area contributed by atoms with E-state index >= 15 is 0 Å². The Morgan fingerprint density at radius 3 is 2.39 bits per heavy atom. The molecule has 1 aromatic heterocycles. The highest BCUT2D eigenvalue weighted by atomic mass is 79.9. The van der Waals surface area contributed by atoms with Crippen molar-refractivity contribution in [3.8, 4) is 5.75 Å². The summed E-state index contributed by atoms with van der Waals surface area (Å²) in [5, 5.41) is 0.760. The summed E-state index contributed by atoms with van der Waals surface area (Å²) in [6.45, 7) is 5.38. The SMILES string of the molecule is CC(C)c1ccc(S(=O)(=O)n2cc(OCCN(C)C)c3cc(Br)ccc32)cc1. The number of nitrogens with zero attached hydrogens (tertiary/aromatic N) is 2. The lowest BCUT2D eigenvalue weighted by atomic mass is 10.0. The van der Waals surface area contributed by atoms with E-state index in [1.807, 2.05) is 43.3 Å². The summed E-state index contributed by atoms with van der Waals surface area (Å²) in [5.74, 6) is 0.902. The maximum Gasteiger partial charge on any atom is 0.268 e. The van der Waals surface area contributed by atoms with Crippen molar-refractivity contribution in [2.75, 3.05) is 27.2 Å². The molecule has 0 aliphatic rings. The number of hydrogen-bond donors (Lipinski definition) is 0. The van der Waals surface area contributed by atoms with E-state index in [9.17, 15) is 8.42 Å². The van der Waals surface area contributed by atoms with E-state index in [0.29, 0.717) is 23.8 Å². The number of benzene rings is 2. The van der Waals surface area contributed by atoms with E-state index in [1.165, 1.54) is 3.97 Å². The van der Waals surface area contributed by atoms with Gasteiger partial charge in [-0.25, -0.2) is 12.4 Å². The lowest BCUT2D eigenvalue weighted by molar-refractivity contribution is 0.263. The molecule has 0 spiro atoms. The molecule has 0 amide bonds. The normalized spacial score (nSPS) is 12.2. The van der Waals surface area contributed by atoms with Crippen LogP contribution in [0.5, 0.6) is 5.75 Å². The van der Waals surface area contributed by atoms with Crippen molar-refractivity contribution in [2.45, 2.75) is 24.7 Å². The number of aromatic nitrogens is 1. The Labute approximate surface area is 175 Å². The molecule has 0 bridgehead atoms. The van der Waals surface area contributed by atoms with Gasteiger partial charge in [0, 0.05) is 16.4 Å². The van der Waals surface area contributed by atoms with Crippen molar-refractivity contribution in [3.05, 3.63) is 58.7 Å². The standard InChI is InChI=1S/C21H25BrN2O3S/c1-15(2)16-5-8-18(9-6-16)28(25,26)24-14-21(27-12-11-23(3)4)19-13-17(22)7-10-20(19)24/h5-10,13-15H,11-12H2,1-4H3. The number of hydrogen-bond acceptors (Lipinski definition) is 4. The van der Waals surface area contributed by atoms with E-state index in [2.05, 4.69) is 29.8 Å². The molecule has 28 heavy (non-hydrogen) atoms. The van der Waals surface area contributed by atoms with Crippen molar-refractivity contribution in [1.82, 2.24) is 8.87 Å². The lowest BCUT2D eigenvalue weighted by Gasteiger charge is -2.10. The highest BCUT2D eigenvalue weighted by Crippen LogP contribution is 2.33. The van der Waals surface area contributed by atoms with Crippen LogP contribution >= 0.6 is 15.9 Å². The third kappa shape index (κ3) is 4.26. The molecule has 0 aliphatic carbocycles. The summed E-state index contributed by atoms with van der Waals surface area (Å²) < 4.78 is 34.7. The third-order valence-corrected chi connectivity index (χ3v) is 6.78. The Morgan fingerprint density at radius 2 is 1.79 bits per heavy atom. The van der Waals surface area contributed by atoms with Gasteiger partial charge in [0.05, 0.1) is 16.6 Å². The maximum absolute atomic E-state index is 13.3. The number of fused-ring (bicyclic) bond motifs is 1. The van der Waals surface area contributed by atoms with Crippen LogP contribution in [0.2, 0.25) is 0 Å². The fourth-order valence-corrected chi connectivity index (χ4v) is 4.65. The van der Waals surface area contributed by atoms with E-state index in [-0.39, 0.29) is 4.90 Å². The summed E-state index contributed by atoms with van der Waals surface area (Å²) >= 11 is 3.46. The zero-order valence-electron chi connectivity index (χ0n) is 16.5. The van der Waals surface area contributed by atoms with E-state index < -0.39 is 10.0 Å². The second kappa shape index (κ2) is 8.27. The highest BCUT2D eigenvalue weighted by Gasteiger charge is 2.22. The van der Waals surface area contributed by atoms with E-state index in [4.69, 9.17) is 4.74 Å². The number of halogens is 1. The molecule has 0 radical (unpaired) electrons. The first-order valence-electron chi connectivity index (χ1n) is 9.14. The molecule has 0 unspecified atom stereocenters. The summed E-state index contributed by atoms with van der Waals surface area (Å²) in [6, 6.07) is 12.6. The maximum atomic E-state index is 13.3. The van der Waals surface area contributed by atoms with Crippen molar-refractivity contribution in [2.24, 2.45) is 0 Å². The number of likely N-dealkylation sites (N-methyl/N-ethyl adjacent to an activating group) is 1. The second-order valence-corrected chi connectivity index (χ2v) is 10.1. The molecule has 0 saturated carbocycles. The van der Waals surface area contributed by atoms with Crippen LogP contribution in [0.4, 0.5) is 0 Å². The highest BCUT2D eigenvalue weighted by molar-refractivity contribution is 9.10. The molecular formula is C21H25BrN2O3S. The summed E-state index contributed by atoms with van der Waals surface area (Å²) in [7, 11) is 0.203. The third-order valence-electron chi connectivity index (χ3n) is 4.60. The summed E-state index contributed by atoms with van der Waals surface area (Å²) in [4.78, 5) is 2.28. The fourth-order valence-electron chi connectivity index (χ4n) is 2.93. The first-order valence-corrected chi connectivity index (χ1v) is 11.4. The van der Waals surface area contributed by atoms with Crippen LogP contribution in [0, 0.1) is 0 Å². The van der Waals surface area contributed by atoms with Crippen molar-refractivity contribution in [3.63, 3.8) is 0 Å². The average Bonchev–Trinajstić information content (AvgIpc) is 3.00. The lowest BCUT2D eigenvalue weighted by Crippen LogP contribution is -2.19. The predicted molar refractivity (Wildman–Crippen MR) is 117 cm³/mol. The zero-order chi connectivity index (χ0) is 20.5. The van der Waals surface area contributed by atoms with Gasteiger partial charge < -0.3 is 9.64 Å². The molecule has 3 rings (SSSR count). The monoisotopic (exact) mass is 464 g/mol. The molecule has 0 atom stereocenters. The van der Waals surface area contributed by atoms with Gasteiger partial charge in [0.2, 0.25) is 0 Å². The van der Waals surface area contributed by atoms with Gasteiger partial charge in [-0.1, -0.05) is 41.9 Å².